The summed E-state index contributed by atoms with van der Waals surface area (Å²) in [6, 6.07) is 8.79. The van der Waals surface area contributed by atoms with Gasteiger partial charge < -0.3 is 10.6 Å². The van der Waals surface area contributed by atoms with E-state index < -0.39 is 0 Å². The van der Waals surface area contributed by atoms with Gasteiger partial charge in [-0.1, -0.05) is 38.1 Å². The third-order valence-electron chi connectivity index (χ3n) is 3.61. The maximum Gasteiger partial charge on any atom is 0.236 e. The number of rotatable bonds is 5. The molecular weight excluding hydrogens is 236 g/mol. The Balaban J connectivity index is 1.81. The Labute approximate surface area is 115 Å². The van der Waals surface area contributed by atoms with E-state index in [-0.39, 0.29) is 11.9 Å². The van der Waals surface area contributed by atoms with Crippen LogP contribution in [0.15, 0.2) is 24.3 Å². The lowest BCUT2D eigenvalue weighted by Crippen LogP contribution is -2.47. The van der Waals surface area contributed by atoms with E-state index in [1.54, 1.807) is 0 Å². The van der Waals surface area contributed by atoms with Gasteiger partial charge in [0, 0.05) is 12.6 Å². The number of amides is 1. The van der Waals surface area contributed by atoms with Crippen molar-refractivity contribution in [1.82, 2.24) is 10.6 Å². The van der Waals surface area contributed by atoms with E-state index in [0.717, 1.165) is 19.4 Å². The average Bonchev–Trinajstić information content (AvgIpc) is 2.77. The SMILES string of the molecule is CC(C)CNC(=O)C(C)NC1Cc2ccccc2C1. The predicted molar refractivity (Wildman–Crippen MR) is 78.1 cm³/mol. The first-order chi connectivity index (χ1) is 9.06. The maximum absolute atomic E-state index is 11.9. The molecule has 0 fully saturated rings. The summed E-state index contributed by atoms with van der Waals surface area (Å²) in [5, 5.41) is 6.41. The summed E-state index contributed by atoms with van der Waals surface area (Å²) < 4.78 is 0. The molecule has 104 valence electrons. The molecule has 0 spiro atoms. The van der Waals surface area contributed by atoms with Gasteiger partial charge >= 0.3 is 0 Å². The lowest BCUT2D eigenvalue weighted by Gasteiger charge is -2.19. The van der Waals surface area contributed by atoms with Crippen LogP contribution in [0.3, 0.4) is 0 Å². The van der Waals surface area contributed by atoms with Crippen LogP contribution in [0.4, 0.5) is 0 Å². The number of carbonyl (C=O) groups excluding carboxylic acids is 1. The molecule has 1 aromatic carbocycles. The van der Waals surface area contributed by atoms with E-state index in [1.807, 2.05) is 6.92 Å². The number of nitrogens with one attached hydrogen (secondary N) is 2. The van der Waals surface area contributed by atoms with Crippen LogP contribution in [-0.2, 0) is 17.6 Å². The Morgan fingerprint density at radius 2 is 1.79 bits per heavy atom. The molecule has 1 aromatic rings. The van der Waals surface area contributed by atoms with Gasteiger partial charge in [0.05, 0.1) is 6.04 Å². The van der Waals surface area contributed by atoms with E-state index in [2.05, 4.69) is 48.7 Å². The van der Waals surface area contributed by atoms with Gasteiger partial charge in [-0.2, -0.15) is 0 Å². The number of fused-ring (bicyclic) bond motifs is 1. The van der Waals surface area contributed by atoms with E-state index >= 15 is 0 Å². The second-order valence-electron chi connectivity index (χ2n) is 5.90. The minimum Gasteiger partial charge on any atom is -0.354 e. The third kappa shape index (κ3) is 3.80. The van der Waals surface area contributed by atoms with E-state index in [0.29, 0.717) is 12.0 Å². The second-order valence-corrected chi connectivity index (χ2v) is 5.90. The number of benzene rings is 1. The van der Waals surface area contributed by atoms with Gasteiger partial charge in [0.1, 0.15) is 0 Å². The zero-order chi connectivity index (χ0) is 13.8. The predicted octanol–water partition coefficient (Wildman–Crippen LogP) is 1.90. The molecule has 1 aliphatic carbocycles. The number of hydrogen-bond acceptors (Lipinski definition) is 2. The Hall–Kier alpha value is -1.35. The van der Waals surface area contributed by atoms with Gasteiger partial charge in [-0.25, -0.2) is 0 Å². The molecule has 0 aliphatic heterocycles. The lowest BCUT2D eigenvalue weighted by molar-refractivity contribution is -0.123. The van der Waals surface area contributed by atoms with Crippen molar-refractivity contribution >= 4 is 5.91 Å². The summed E-state index contributed by atoms with van der Waals surface area (Å²) in [7, 11) is 0. The Kier molecular flexibility index (Phi) is 4.59. The highest BCUT2D eigenvalue weighted by molar-refractivity contribution is 5.81. The van der Waals surface area contributed by atoms with Crippen molar-refractivity contribution in [3.63, 3.8) is 0 Å². The Bertz CT molecular complexity index is 417. The molecule has 0 bridgehead atoms. The number of carbonyl (C=O) groups is 1. The fraction of sp³-hybridized carbons (Fsp3) is 0.562. The molecule has 0 saturated heterocycles. The quantitative estimate of drug-likeness (QED) is 0.849. The zero-order valence-electron chi connectivity index (χ0n) is 12.1. The highest BCUT2D eigenvalue weighted by atomic mass is 16.2. The molecular formula is C16H24N2O. The first-order valence-corrected chi connectivity index (χ1v) is 7.16. The Morgan fingerprint density at radius 3 is 2.32 bits per heavy atom. The van der Waals surface area contributed by atoms with Gasteiger partial charge in [-0.05, 0) is 36.8 Å². The zero-order valence-corrected chi connectivity index (χ0v) is 12.1. The normalized spacial score (nSPS) is 16.4. The van der Waals surface area contributed by atoms with Crippen LogP contribution in [0.25, 0.3) is 0 Å². The molecule has 1 aliphatic rings. The Morgan fingerprint density at radius 1 is 1.21 bits per heavy atom. The van der Waals surface area contributed by atoms with Crippen LogP contribution in [0.2, 0.25) is 0 Å². The van der Waals surface area contributed by atoms with Crippen LogP contribution in [0.5, 0.6) is 0 Å². The van der Waals surface area contributed by atoms with Crippen molar-refractivity contribution in [3.05, 3.63) is 35.4 Å². The van der Waals surface area contributed by atoms with Crippen molar-refractivity contribution in [1.29, 1.82) is 0 Å². The molecule has 1 amide bonds. The summed E-state index contributed by atoms with van der Waals surface area (Å²) in [5.41, 5.74) is 2.82. The maximum atomic E-state index is 11.9. The molecule has 0 aromatic heterocycles. The van der Waals surface area contributed by atoms with Crippen molar-refractivity contribution < 1.29 is 4.79 Å². The highest BCUT2D eigenvalue weighted by Gasteiger charge is 2.24. The van der Waals surface area contributed by atoms with Crippen molar-refractivity contribution in [2.75, 3.05) is 6.54 Å². The number of hydrogen-bond donors (Lipinski definition) is 2. The van der Waals surface area contributed by atoms with Gasteiger partial charge in [0.2, 0.25) is 5.91 Å². The van der Waals surface area contributed by atoms with Crippen molar-refractivity contribution in [2.24, 2.45) is 5.92 Å². The molecule has 2 rings (SSSR count). The molecule has 0 heterocycles. The first kappa shape index (κ1) is 14.1. The topological polar surface area (TPSA) is 41.1 Å². The summed E-state index contributed by atoms with van der Waals surface area (Å²) in [5.74, 6) is 0.594. The minimum absolute atomic E-state index is 0.102. The average molecular weight is 260 g/mol. The smallest absolute Gasteiger partial charge is 0.236 e. The second kappa shape index (κ2) is 6.20. The van der Waals surface area contributed by atoms with Crippen LogP contribution in [0, 0.1) is 5.92 Å². The van der Waals surface area contributed by atoms with Gasteiger partial charge in [-0.15, -0.1) is 0 Å². The highest BCUT2D eigenvalue weighted by Crippen LogP contribution is 2.21. The molecule has 1 atom stereocenters. The van der Waals surface area contributed by atoms with Gasteiger partial charge in [-0.3, -0.25) is 4.79 Å². The molecule has 0 saturated carbocycles. The summed E-state index contributed by atoms with van der Waals surface area (Å²) in [6.07, 6.45) is 2.05. The van der Waals surface area contributed by atoms with E-state index in [9.17, 15) is 4.79 Å². The summed E-state index contributed by atoms with van der Waals surface area (Å²) >= 11 is 0. The van der Waals surface area contributed by atoms with E-state index in [1.165, 1.54) is 11.1 Å². The lowest BCUT2D eigenvalue weighted by atomic mass is 10.1. The van der Waals surface area contributed by atoms with Crippen LogP contribution < -0.4 is 10.6 Å². The fourth-order valence-electron chi connectivity index (χ4n) is 2.56. The third-order valence-corrected chi connectivity index (χ3v) is 3.61. The van der Waals surface area contributed by atoms with Crippen molar-refractivity contribution in [2.45, 2.75) is 45.7 Å². The van der Waals surface area contributed by atoms with Crippen molar-refractivity contribution in [3.8, 4) is 0 Å². The summed E-state index contributed by atoms with van der Waals surface area (Å²) in [6.45, 7) is 6.90. The standard InChI is InChI=1S/C16H24N2O/c1-11(2)10-17-16(19)12(3)18-15-8-13-6-4-5-7-14(13)9-15/h4-7,11-12,15,18H,8-10H2,1-3H3,(H,17,19). The largest absolute Gasteiger partial charge is 0.354 e. The summed E-state index contributed by atoms with van der Waals surface area (Å²) in [4.78, 5) is 11.9. The molecule has 2 N–H and O–H groups in total. The van der Waals surface area contributed by atoms with Crippen LogP contribution in [0.1, 0.15) is 31.9 Å². The fourth-order valence-corrected chi connectivity index (χ4v) is 2.56. The minimum atomic E-state index is -0.127. The van der Waals surface area contributed by atoms with Gasteiger partial charge in [0.15, 0.2) is 0 Å². The van der Waals surface area contributed by atoms with Crippen LogP contribution >= 0.6 is 0 Å². The molecule has 0 radical (unpaired) electrons. The molecule has 1 unspecified atom stereocenters. The van der Waals surface area contributed by atoms with E-state index in [4.69, 9.17) is 0 Å². The molecule has 3 heteroatoms. The monoisotopic (exact) mass is 260 g/mol. The van der Waals surface area contributed by atoms with Gasteiger partial charge in [0.25, 0.3) is 0 Å². The van der Waals surface area contributed by atoms with Crippen LogP contribution in [-0.4, -0.2) is 24.5 Å². The first-order valence-electron chi connectivity index (χ1n) is 7.16. The molecule has 3 nitrogen and oxygen atoms in total. The molecule has 19 heavy (non-hydrogen) atoms.